The number of hydrogen-bond acceptors (Lipinski definition) is 6. The minimum atomic E-state index is -1.04. The van der Waals surface area contributed by atoms with Crippen molar-refractivity contribution in [3.05, 3.63) is 65.9 Å². The second kappa shape index (κ2) is 11.5. The van der Waals surface area contributed by atoms with E-state index in [0.717, 1.165) is 28.3 Å². The number of ether oxygens (including phenoxy) is 2. The van der Waals surface area contributed by atoms with Gasteiger partial charge < -0.3 is 19.7 Å². The lowest BCUT2D eigenvalue weighted by molar-refractivity contribution is -0.151. The van der Waals surface area contributed by atoms with Crippen molar-refractivity contribution in [2.75, 3.05) is 7.11 Å². The molecule has 8 heteroatoms. The minimum Gasteiger partial charge on any atom is -0.497 e. The highest BCUT2D eigenvalue weighted by Gasteiger charge is 2.19. The number of hydrogen-bond donors (Lipinski definition) is 2. The van der Waals surface area contributed by atoms with Gasteiger partial charge in [0.1, 0.15) is 5.75 Å². The van der Waals surface area contributed by atoms with Crippen LogP contribution in [0.5, 0.6) is 5.75 Å². The molecule has 0 aliphatic heterocycles. The minimum absolute atomic E-state index is 0.172. The van der Waals surface area contributed by atoms with Crippen LogP contribution in [0.3, 0.4) is 0 Å². The molecule has 0 spiro atoms. The van der Waals surface area contributed by atoms with Gasteiger partial charge in [-0.3, -0.25) is 9.59 Å². The number of aliphatic hydroxyl groups excluding tert-OH is 1. The molecule has 2 aromatic carbocycles. The van der Waals surface area contributed by atoms with E-state index in [4.69, 9.17) is 14.6 Å². The number of methoxy groups -OCH3 is 1. The number of carbonyl (C=O) groups excluding carboxylic acids is 1. The molecule has 0 fully saturated rings. The van der Waals surface area contributed by atoms with Crippen molar-refractivity contribution < 1.29 is 29.3 Å². The second-order valence-electron chi connectivity index (χ2n) is 8.22. The molecular formula is C26H30N2O6. The number of aliphatic hydroxyl groups is 1. The number of benzene rings is 2. The summed E-state index contributed by atoms with van der Waals surface area (Å²) in [7, 11) is 1.61. The zero-order valence-corrected chi connectivity index (χ0v) is 19.6. The number of esters is 1. The highest BCUT2D eigenvalue weighted by atomic mass is 16.5. The Morgan fingerprint density at radius 2 is 1.71 bits per heavy atom. The molecule has 0 aliphatic carbocycles. The molecule has 3 aromatic rings. The number of carboxylic acid groups (broad SMARTS) is 1. The summed E-state index contributed by atoms with van der Waals surface area (Å²) in [6.07, 6.45) is -0.997. The van der Waals surface area contributed by atoms with Gasteiger partial charge in [0.2, 0.25) is 0 Å². The molecule has 0 saturated carbocycles. The van der Waals surface area contributed by atoms with E-state index in [1.54, 1.807) is 18.7 Å². The van der Waals surface area contributed by atoms with Crippen molar-refractivity contribution in [1.82, 2.24) is 9.78 Å². The van der Waals surface area contributed by atoms with Gasteiger partial charge in [0.05, 0.1) is 49.2 Å². The third kappa shape index (κ3) is 6.68. The largest absolute Gasteiger partial charge is 0.497 e. The Morgan fingerprint density at radius 3 is 2.32 bits per heavy atom. The Morgan fingerprint density at radius 1 is 1.03 bits per heavy atom. The maximum absolute atomic E-state index is 11.7. The van der Waals surface area contributed by atoms with Crippen molar-refractivity contribution in [3.8, 4) is 22.7 Å². The summed E-state index contributed by atoms with van der Waals surface area (Å²) in [4.78, 5) is 22.3. The first-order chi connectivity index (χ1) is 16.3. The predicted octanol–water partition coefficient (Wildman–Crippen LogP) is 4.47. The predicted molar refractivity (Wildman–Crippen MR) is 127 cm³/mol. The Bertz CT molecular complexity index is 1110. The molecule has 0 bridgehead atoms. The van der Waals surface area contributed by atoms with Gasteiger partial charge in [0.25, 0.3) is 0 Å². The number of aromatic nitrogens is 2. The van der Waals surface area contributed by atoms with E-state index in [1.165, 1.54) is 0 Å². The second-order valence-corrected chi connectivity index (χ2v) is 8.22. The lowest BCUT2D eigenvalue weighted by atomic mass is 10.1. The first-order valence-corrected chi connectivity index (χ1v) is 11.2. The van der Waals surface area contributed by atoms with Gasteiger partial charge >= 0.3 is 11.9 Å². The topological polar surface area (TPSA) is 111 Å². The molecule has 2 N–H and O–H groups in total. The fourth-order valence-corrected chi connectivity index (χ4v) is 3.50. The summed E-state index contributed by atoms with van der Waals surface area (Å²) in [5, 5.41) is 24.2. The Kier molecular flexibility index (Phi) is 8.43. The van der Waals surface area contributed by atoms with Crippen molar-refractivity contribution in [2.45, 2.75) is 51.7 Å². The SMILES string of the molecule is COc1ccc(-n2nc(C(O)CCC(C)OC(=O)CCC(=O)O)cc2-c2ccc(C)cc2)cc1. The van der Waals surface area contributed by atoms with Gasteiger partial charge in [-0.05, 0) is 57.0 Å². The van der Waals surface area contributed by atoms with E-state index in [0.29, 0.717) is 18.5 Å². The molecule has 2 atom stereocenters. The molecule has 0 amide bonds. The molecule has 0 saturated heterocycles. The van der Waals surface area contributed by atoms with Crippen LogP contribution in [0.25, 0.3) is 16.9 Å². The van der Waals surface area contributed by atoms with E-state index in [9.17, 15) is 14.7 Å². The Balaban J connectivity index is 1.76. The molecule has 2 unspecified atom stereocenters. The van der Waals surface area contributed by atoms with E-state index in [1.807, 2.05) is 61.5 Å². The molecular weight excluding hydrogens is 436 g/mol. The smallest absolute Gasteiger partial charge is 0.306 e. The van der Waals surface area contributed by atoms with Crippen LogP contribution >= 0.6 is 0 Å². The first-order valence-electron chi connectivity index (χ1n) is 11.2. The highest BCUT2D eigenvalue weighted by Crippen LogP contribution is 2.29. The maximum atomic E-state index is 11.7. The molecule has 34 heavy (non-hydrogen) atoms. The zero-order valence-electron chi connectivity index (χ0n) is 19.6. The van der Waals surface area contributed by atoms with Crippen molar-refractivity contribution in [2.24, 2.45) is 0 Å². The first kappa shape index (κ1) is 25.0. The molecule has 180 valence electrons. The summed E-state index contributed by atoms with van der Waals surface area (Å²) in [6, 6.07) is 17.5. The number of aliphatic carboxylic acids is 1. The highest BCUT2D eigenvalue weighted by molar-refractivity contribution is 5.76. The fraction of sp³-hybridized carbons (Fsp3) is 0.346. The Hall–Kier alpha value is -3.65. The maximum Gasteiger partial charge on any atom is 0.306 e. The average Bonchev–Trinajstić information content (AvgIpc) is 3.27. The van der Waals surface area contributed by atoms with Crippen molar-refractivity contribution in [3.63, 3.8) is 0 Å². The van der Waals surface area contributed by atoms with Gasteiger partial charge in [-0.1, -0.05) is 29.8 Å². The molecule has 1 aromatic heterocycles. The number of rotatable bonds is 11. The summed E-state index contributed by atoms with van der Waals surface area (Å²) >= 11 is 0. The van der Waals surface area contributed by atoms with E-state index in [-0.39, 0.29) is 12.8 Å². The third-order valence-electron chi connectivity index (χ3n) is 5.46. The van der Waals surface area contributed by atoms with Gasteiger partial charge in [-0.15, -0.1) is 0 Å². The summed E-state index contributed by atoms with van der Waals surface area (Å²) in [5.74, 6) is -0.869. The van der Waals surface area contributed by atoms with Crippen LogP contribution in [0.4, 0.5) is 0 Å². The van der Waals surface area contributed by atoms with Gasteiger partial charge in [-0.2, -0.15) is 5.10 Å². The normalized spacial score (nSPS) is 12.7. The molecule has 1 heterocycles. The van der Waals surface area contributed by atoms with Crippen LogP contribution in [0, 0.1) is 6.92 Å². The lowest BCUT2D eigenvalue weighted by Crippen LogP contribution is -2.16. The number of carbonyl (C=O) groups is 2. The number of nitrogens with zero attached hydrogens (tertiary/aromatic N) is 2. The lowest BCUT2D eigenvalue weighted by Gasteiger charge is -2.14. The quantitative estimate of drug-likeness (QED) is 0.401. The van der Waals surface area contributed by atoms with Crippen molar-refractivity contribution in [1.29, 1.82) is 0 Å². The summed E-state index contributed by atoms with van der Waals surface area (Å²) in [6.45, 7) is 3.74. The van der Waals surface area contributed by atoms with E-state index >= 15 is 0 Å². The molecule has 0 aliphatic rings. The average molecular weight is 467 g/mol. The van der Waals surface area contributed by atoms with Gasteiger partial charge in [0.15, 0.2) is 0 Å². The van der Waals surface area contributed by atoms with Crippen LogP contribution in [0.2, 0.25) is 0 Å². The molecule has 3 rings (SSSR count). The fourth-order valence-electron chi connectivity index (χ4n) is 3.50. The Labute approximate surface area is 198 Å². The standard InChI is InChI=1S/C26H30N2O6/c1-17-4-7-19(8-5-17)23-16-22(27-28(23)20-9-11-21(33-3)12-10-20)24(29)13-6-18(2)34-26(32)15-14-25(30)31/h4-5,7-12,16,18,24,29H,6,13-15H2,1-3H3,(H,30,31). The van der Waals surface area contributed by atoms with Crippen LogP contribution in [-0.4, -0.2) is 45.1 Å². The van der Waals surface area contributed by atoms with Gasteiger partial charge in [-0.25, -0.2) is 4.68 Å². The summed E-state index contributed by atoms with van der Waals surface area (Å²) in [5.41, 5.74) is 4.29. The third-order valence-corrected chi connectivity index (χ3v) is 5.46. The van der Waals surface area contributed by atoms with Crippen LogP contribution in [0.15, 0.2) is 54.6 Å². The monoisotopic (exact) mass is 466 g/mol. The van der Waals surface area contributed by atoms with Gasteiger partial charge in [0, 0.05) is 5.56 Å². The number of aryl methyl sites for hydroxylation is 1. The van der Waals surface area contributed by atoms with E-state index in [2.05, 4.69) is 5.10 Å². The van der Waals surface area contributed by atoms with Crippen LogP contribution in [0.1, 0.15) is 50.0 Å². The van der Waals surface area contributed by atoms with E-state index < -0.39 is 24.1 Å². The molecule has 8 nitrogen and oxygen atoms in total. The van der Waals surface area contributed by atoms with Crippen LogP contribution < -0.4 is 4.74 Å². The number of carboxylic acids is 1. The summed E-state index contributed by atoms with van der Waals surface area (Å²) < 4.78 is 12.3. The zero-order chi connectivity index (χ0) is 24.7. The van der Waals surface area contributed by atoms with Crippen LogP contribution in [-0.2, 0) is 14.3 Å². The molecule has 0 radical (unpaired) electrons. The van der Waals surface area contributed by atoms with Crippen molar-refractivity contribution >= 4 is 11.9 Å².